The predicted octanol–water partition coefficient (Wildman–Crippen LogP) is 1.73. The molecule has 110 valence electrons. The molecule has 1 fully saturated rings. The van der Waals surface area contributed by atoms with Gasteiger partial charge in [0.25, 0.3) is 0 Å². The molecule has 1 aromatic heterocycles. The first-order valence-corrected chi connectivity index (χ1v) is 7.38. The van der Waals surface area contributed by atoms with Crippen molar-refractivity contribution in [3.63, 3.8) is 0 Å². The molecule has 20 heavy (non-hydrogen) atoms. The standard InChI is InChI=1S/C14H22N4OS/c1-5-11-7-19-8(2)6-18(11)14-12(13(15)20)9(3)10(4)16-17-14/h8,11H,5-7H2,1-4H3,(H2,15,20). The van der Waals surface area contributed by atoms with Gasteiger partial charge in [-0.15, -0.1) is 5.10 Å². The van der Waals surface area contributed by atoms with E-state index in [1.165, 1.54) is 0 Å². The predicted molar refractivity (Wildman–Crippen MR) is 84.2 cm³/mol. The summed E-state index contributed by atoms with van der Waals surface area (Å²) < 4.78 is 5.73. The van der Waals surface area contributed by atoms with Crippen molar-refractivity contribution in [1.29, 1.82) is 0 Å². The summed E-state index contributed by atoms with van der Waals surface area (Å²) in [7, 11) is 0. The number of aromatic nitrogens is 2. The smallest absolute Gasteiger partial charge is 0.162 e. The molecule has 0 saturated carbocycles. The highest BCUT2D eigenvalue weighted by Crippen LogP contribution is 2.27. The van der Waals surface area contributed by atoms with Crippen LogP contribution in [0.1, 0.15) is 37.1 Å². The normalized spacial score (nSPS) is 22.9. The van der Waals surface area contributed by atoms with Gasteiger partial charge in [-0.05, 0) is 32.8 Å². The summed E-state index contributed by atoms with van der Waals surface area (Å²) in [6.07, 6.45) is 1.15. The van der Waals surface area contributed by atoms with Gasteiger partial charge in [0.15, 0.2) is 5.82 Å². The first-order chi connectivity index (χ1) is 9.45. The van der Waals surface area contributed by atoms with E-state index in [2.05, 4.69) is 28.9 Å². The maximum absolute atomic E-state index is 5.92. The van der Waals surface area contributed by atoms with Crippen LogP contribution < -0.4 is 10.6 Å². The average molecular weight is 294 g/mol. The maximum atomic E-state index is 5.92. The van der Waals surface area contributed by atoms with Crippen molar-refractivity contribution in [2.75, 3.05) is 18.1 Å². The van der Waals surface area contributed by atoms with Gasteiger partial charge in [-0.2, -0.15) is 5.10 Å². The van der Waals surface area contributed by atoms with E-state index in [1.807, 2.05) is 13.8 Å². The highest BCUT2D eigenvalue weighted by atomic mass is 32.1. The third-order valence-corrected chi connectivity index (χ3v) is 4.10. The maximum Gasteiger partial charge on any atom is 0.162 e. The second kappa shape index (κ2) is 6.01. The molecule has 0 radical (unpaired) electrons. The molecule has 0 aliphatic carbocycles. The van der Waals surface area contributed by atoms with Crippen LogP contribution in [0.5, 0.6) is 0 Å². The van der Waals surface area contributed by atoms with E-state index in [0.717, 1.165) is 35.6 Å². The summed E-state index contributed by atoms with van der Waals surface area (Å²) in [6, 6.07) is 0.288. The lowest BCUT2D eigenvalue weighted by atomic mass is 10.1. The monoisotopic (exact) mass is 294 g/mol. The Bertz CT molecular complexity index is 520. The molecule has 0 amide bonds. The fourth-order valence-electron chi connectivity index (χ4n) is 2.53. The molecule has 1 saturated heterocycles. The molecule has 5 nitrogen and oxygen atoms in total. The summed E-state index contributed by atoms with van der Waals surface area (Å²) in [5, 5.41) is 8.61. The minimum atomic E-state index is 0.167. The van der Waals surface area contributed by atoms with Crippen LogP contribution in [0.25, 0.3) is 0 Å². The Morgan fingerprint density at radius 2 is 2.15 bits per heavy atom. The summed E-state index contributed by atoms with van der Waals surface area (Å²) >= 11 is 5.22. The molecule has 2 atom stereocenters. The van der Waals surface area contributed by atoms with Gasteiger partial charge in [0.05, 0.1) is 30.0 Å². The van der Waals surface area contributed by atoms with Crippen LogP contribution in [0.4, 0.5) is 5.82 Å². The topological polar surface area (TPSA) is 64.3 Å². The number of anilines is 1. The fourth-order valence-corrected chi connectivity index (χ4v) is 2.78. The molecule has 1 aliphatic rings. The zero-order chi connectivity index (χ0) is 14.9. The van der Waals surface area contributed by atoms with E-state index in [1.54, 1.807) is 0 Å². The minimum absolute atomic E-state index is 0.167. The lowest BCUT2D eigenvalue weighted by Gasteiger charge is -2.39. The first kappa shape index (κ1) is 15.1. The summed E-state index contributed by atoms with van der Waals surface area (Å²) in [4.78, 5) is 2.62. The zero-order valence-corrected chi connectivity index (χ0v) is 13.3. The molecule has 1 aliphatic heterocycles. The van der Waals surface area contributed by atoms with E-state index in [-0.39, 0.29) is 12.1 Å². The van der Waals surface area contributed by atoms with Crippen LogP contribution in [0.2, 0.25) is 0 Å². The van der Waals surface area contributed by atoms with Crippen molar-refractivity contribution in [2.24, 2.45) is 5.73 Å². The molecular formula is C14H22N4OS. The number of hydrogen-bond donors (Lipinski definition) is 1. The van der Waals surface area contributed by atoms with Gasteiger partial charge < -0.3 is 15.4 Å². The second-order valence-electron chi connectivity index (χ2n) is 5.33. The lowest BCUT2D eigenvalue weighted by molar-refractivity contribution is 0.0295. The third-order valence-electron chi connectivity index (χ3n) is 3.89. The van der Waals surface area contributed by atoms with Crippen LogP contribution in [-0.4, -0.2) is 40.5 Å². The van der Waals surface area contributed by atoms with E-state index in [9.17, 15) is 0 Å². The van der Waals surface area contributed by atoms with E-state index < -0.39 is 0 Å². The molecule has 2 unspecified atom stereocenters. The van der Waals surface area contributed by atoms with Crippen molar-refractivity contribution in [1.82, 2.24) is 10.2 Å². The Morgan fingerprint density at radius 1 is 1.45 bits per heavy atom. The van der Waals surface area contributed by atoms with Crippen molar-refractivity contribution >= 4 is 23.0 Å². The largest absolute Gasteiger partial charge is 0.389 e. The number of ether oxygens (including phenoxy) is 1. The second-order valence-corrected chi connectivity index (χ2v) is 5.77. The van der Waals surface area contributed by atoms with Gasteiger partial charge in [0.2, 0.25) is 0 Å². The van der Waals surface area contributed by atoms with E-state index >= 15 is 0 Å². The molecule has 1 aromatic rings. The molecule has 2 rings (SSSR count). The molecule has 2 N–H and O–H groups in total. The number of aryl methyl sites for hydroxylation is 1. The Hall–Kier alpha value is -1.27. The SMILES string of the molecule is CCC1COC(C)CN1c1nnc(C)c(C)c1C(N)=S. The van der Waals surface area contributed by atoms with Crippen LogP contribution in [0, 0.1) is 13.8 Å². The van der Waals surface area contributed by atoms with Crippen LogP contribution >= 0.6 is 12.2 Å². The Kier molecular flexibility index (Phi) is 4.55. The van der Waals surface area contributed by atoms with Crippen LogP contribution in [0.15, 0.2) is 0 Å². The molecule has 2 heterocycles. The fraction of sp³-hybridized carbons (Fsp3) is 0.643. The first-order valence-electron chi connectivity index (χ1n) is 6.97. The van der Waals surface area contributed by atoms with Crippen molar-refractivity contribution in [2.45, 2.75) is 46.3 Å². The van der Waals surface area contributed by atoms with Gasteiger partial charge >= 0.3 is 0 Å². The summed E-state index contributed by atoms with van der Waals surface area (Å²) in [6.45, 7) is 9.61. The molecule has 6 heteroatoms. The summed E-state index contributed by atoms with van der Waals surface area (Å²) in [5.41, 5.74) is 8.64. The van der Waals surface area contributed by atoms with Gasteiger partial charge in [-0.25, -0.2) is 0 Å². The van der Waals surface area contributed by atoms with Crippen molar-refractivity contribution < 1.29 is 4.74 Å². The van der Waals surface area contributed by atoms with Gasteiger partial charge in [0.1, 0.15) is 4.99 Å². The van der Waals surface area contributed by atoms with Gasteiger partial charge in [-0.3, -0.25) is 0 Å². The van der Waals surface area contributed by atoms with Crippen molar-refractivity contribution in [3.8, 4) is 0 Å². The van der Waals surface area contributed by atoms with Gasteiger partial charge in [-0.1, -0.05) is 19.1 Å². The van der Waals surface area contributed by atoms with E-state index in [0.29, 0.717) is 11.6 Å². The molecular weight excluding hydrogens is 272 g/mol. The minimum Gasteiger partial charge on any atom is -0.389 e. The Labute approximate surface area is 125 Å². The number of morpholine rings is 1. The lowest BCUT2D eigenvalue weighted by Crippen LogP contribution is -2.50. The molecule has 0 bridgehead atoms. The number of nitrogens with zero attached hydrogens (tertiary/aromatic N) is 3. The van der Waals surface area contributed by atoms with E-state index in [4.69, 9.17) is 22.7 Å². The van der Waals surface area contributed by atoms with Gasteiger partial charge in [0, 0.05) is 6.54 Å². The molecule has 0 aromatic carbocycles. The zero-order valence-electron chi connectivity index (χ0n) is 12.5. The number of hydrogen-bond acceptors (Lipinski definition) is 5. The summed E-state index contributed by atoms with van der Waals surface area (Å²) in [5.74, 6) is 0.794. The van der Waals surface area contributed by atoms with Crippen LogP contribution in [0.3, 0.4) is 0 Å². The van der Waals surface area contributed by atoms with Crippen LogP contribution in [-0.2, 0) is 4.74 Å². The number of nitrogens with two attached hydrogens (primary N) is 1. The third kappa shape index (κ3) is 2.76. The molecule has 0 spiro atoms. The number of rotatable bonds is 3. The van der Waals surface area contributed by atoms with Crippen molar-refractivity contribution in [3.05, 3.63) is 16.8 Å². The highest BCUT2D eigenvalue weighted by molar-refractivity contribution is 7.80. The average Bonchev–Trinajstić information content (AvgIpc) is 2.41. The highest BCUT2D eigenvalue weighted by Gasteiger charge is 2.30. The quantitative estimate of drug-likeness (QED) is 0.857. The Balaban J connectivity index is 2.50. The number of thiocarbonyl (C=S) groups is 1. The Morgan fingerprint density at radius 3 is 2.75 bits per heavy atom.